The first-order valence-electron chi connectivity index (χ1n) is 8.22. The topological polar surface area (TPSA) is 72.0 Å². The minimum Gasteiger partial charge on any atom is -0.366 e. The summed E-state index contributed by atoms with van der Waals surface area (Å²) in [5.74, 6) is 0.665. The maximum Gasteiger partial charge on any atom is 0.175 e. The van der Waals surface area contributed by atoms with Crippen molar-refractivity contribution < 1.29 is 8.42 Å². The van der Waals surface area contributed by atoms with Crippen molar-refractivity contribution >= 4 is 26.6 Å². The van der Waals surface area contributed by atoms with Gasteiger partial charge in [0.05, 0.1) is 10.4 Å². The van der Waals surface area contributed by atoms with Gasteiger partial charge in [0.15, 0.2) is 9.84 Å². The van der Waals surface area contributed by atoms with Gasteiger partial charge < -0.3 is 5.32 Å². The van der Waals surface area contributed by atoms with Crippen molar-refractivity contribution in [3.63, 3.8) is 0 Å². The number of anilines is 1. The summed E-state index contributed by atoms with van der Waals surface area (Å²) in [6.45, 7) is 2.12. The molecule has 2 aromatic carbocycles. The second kappa shape index (κ2) is 7.19. The monoisotopic (exact) mass is 355 g/mol. The summed E-state index contributed by atoms with van der Waals surface area (Å²) in [5, 5.41) is 4.17. The van der Waals surface area contributed by atoms with E-state index in [0.29, 0.717) is 5.82 Å². The fourth-order valence-electron chi connectivity index (χ4n) is 2.77. The van der Waals surface area contributed by atoms with Gasteiger partial charge in [-0.25, -0.2) is 18.4 Å². The summed E-state index contributed by atoms with van der Waals surface area (Å²) < 4.78 is 23.7. The van der Waals surface area contributed by atoms with E-state index in [0.717, 1.165) is 23.7 Å². The summed E-state index contributed by atoms with van der Waals surface area (Å²) in [6, 6.07) is 15.4. The Bertz CT molecular complexity index is 972. The molecule has 1 aromatic heterocycles. The van der Waals surface area contributed by atoms with Gasteiger partial charge in [0.2, 0.25) is 0 Å². The van der Waals surface area contributed by atoms with E-state index in [1.165, 1.54) is 18.1 Å². The second-order valence-electron chi connectivity index (χ2n) is 6.11. The predicted octanol–water partition coefficient (Wildman–Crippen LogP) is 3.47. The lowest BCUT2D eigenvalue weighted by Crippen LogP contribution is -2.22. The molecule has 0 fully saturated rings. The molecule has 25 heavy (non-hydrogen) atoms. The van der Waals surface area contributed by atoms with Crippen molar-refractivity contribution in [1.82, 2.24) is 9.97 Å². The first kappa shape index (κ1) is 17.4. The van der Waals surface area contributed by atoms with Crippen LogP contribution in [0.5, 0.6) is 0 Å². The Hall–Kier alpha value is -2.47. The summed E-state index contributed by atoms with van der Waals surface area (Å²) in [6.07, 6.45) is 4.50. The van der Waals surface area contributed by atoms with Crippen molar-refractivity contribution in [2.75, 3.05) is 11.6 Å². The van der Waals surface area contributed by atoms with E-state index in [1.807, 2.05) is 18.2 Å². The molecule has 0 spiro atoms. The van der Waals surface area contributed by atoms with Crippen LogP contribution < -0.4 is 5.32 Å². The highest BCUT2D eigenvalue weighted by Crippen LogP contribution is 2.24. The Morgan fingerprint density at radius 2 is 1.84 bits per heavy atom. The number of sulfone groups is 1. The van der Waals surface area contributed by atoms with Crippen LogP contribution in [-0.2, 0) is 16.3 Å². The van der Waals surface area contributed by atoms with Crippen LogP contribution in [-0.4, -0.2) is 30.7 Å². The lowest BCUT2D eigenvalue weighted by Gasteiger charge is -2.19. The molecule has 0 aliphatic heterocycles. The number of nitrogens with one attached hydrogen (secondary N) is 1. The minimum absolute atomic E-state index is 0.197. The zero-order valence-corrected chi connectivity index (χ0v) is 15.1. The van der Waals surface area contributed by atoms with E-state index in [-0.39, 0.29) is 10.9 Å². The molecular formula is C19H21N3O2S. The fourth-order valence-corrected chi connectivity index (χ4v) is 3.42. The summed E-state index contributed by atoms with van der Waals surface area (Å²) in [4.78, 5) is 8.85. The van der Waals surface area contributed by atoms with Gasteiger partial charge in [0, 0.05) is 17.7 Å². The van der Waals surface area contributed by atoms with Crippen LogP contribution in [0, 0.1) is 0 Å². The zero-order valence-electron chi connectivity index (χ0n) is 14.3. The largest absolute Gasteiger partial charge is 0.366 e. The van der Waals surface area contributed by atoms with Crippen LogP contribution in [0.15, 0.2) is 59.8 Å². The summed E-state index contributed by atoms with van der Waals surface area (Å²) in [7, 11) is -3.28. The summed E-state index contributed by atoms with van der Waals surface area (Å²) in [5.41, 5.74) is 1.97. The van der Waals surface area contributed by atoms with Crippen LogP contribution in [0.4, 0.5) is 5.82 Å². The molecule has 1 atom stereocenters. The molecule has 0 unspecified atom stereocenters. The zero-order chi connectivity index (χ0) is 17.9. The lowest BCUT2D eigenvalue weighted by molar-refractivity contribution is 0.602. The third-order valence-corrected chi connectivity index (χ3v) is 5.30. The second-order valence-corrected chi connectivity index (χ2v) is 8.13. The highest BCUT2D eigenvalue weighted by Gasteiger charge is 2.14. The number of hydrogen-bond donors (Lipinski definition) is 1. The van der Waals surface area contributed by atoms with Gasteiger partial charge >= 0.3 is 0 Å². The average molecular weight is 355 g/mol. The van der Waals surface area contributed by atoms with E-state index >= 15 is 0 Å². The number of nitrogens with zero attached hydrogens (tertiary/aromatic N) is 2. The van der Waals surface area contributed by atoms with Crippen molar-refractivity contribution in [3.8, 4) is 0 Å². The third kappa shape index (κ3) is 4.14. The molecule has 0 amide bonds. The molecule has 5 nitrogen and oxygen atoms in total. The number of rotatable bonds is 6. The highest BCUT2D eigenvalue weighted by atomic mass is 32.2. The quantitative estimate of drug-likeness (QED) is 0.733. The Morgan fingerprint density at radius 3 is 2.52 bits per heavy atom. The molecule has 1 N–H and O–H groups in total. The van der Waals surface area contributed by atoms with Crippen molar-refractivity contribution in [2.24, 2.45) is 0 Å². The molecule has 0 bridgehead atoms. The van der Waals surface area contributed by atoms with Gasteiger partial charge in [-0.05, 0) is 36.6 Å². The summed E-state index contributed by atoms with van der Waals surface area (Å²) >= 11 is 0. The Morgan fingerprint density at radius 1 is 1.08 bits per heavy atom. The van der Waals surface area contributed by atoms with Gasteiger partial charge in [0.25, 0.3) is 0 Å². The maximum absolute atomic E-state index is 11.8. The van der Waals surface area contributed by atoms with E-state index in [4.69, 9.17) is 0 Å². The van der Waals surface area contributed by atoms with Crippen LogP contribution >= 0.6 is 0 Å². The number of aromatic nitrogens is 2. The van der Waals surface area contributed by atoms with E-state index in [2.05, 4.69) is 34.3 Å². The molecule has 6 heteroatoms. The SMILES string of the molecule is CC[C@H](Cc1ccccc1)Nc1ncnc2ccc(S(C)(=O)=O)cc12. The molecule has 0 radical (unpaired) electrons. The Balaban J connectivity index is 1.94. The van der Waals surface area contributed by atoms with E-state index < -0.39 is 9.84 Å². The molecule has 1 heterocycles. The van der Waals surface area contributed by atoms with Gasteiger partial charge in [0.1, 0.15) is 12.1 Å². The van der Waals surface area contributed by atoms with Crippen molar-refractivity contribution in [1.29, 1.82) is 0 Å². The Kier molecular flexibility index (Phi) is 4.99. The highest BCUT2D eigenvalue weighted by molar-refractivity contribution is 7.90. The van der Waals surface area contributed by atoms with Crippen LogP contribution in [0.25, 0.3) is 10.9 Å². The van der Waals surface area contributed by atoms with Crippen LogP contribution in [0.1, 0.15) is 18.9 Å². The molecule has 0 aliphatic rings. The number of hydrogen-bond acceptors (Lipinski definition) is 5. The first-order valence-corrected chi connectivity index (χ1v) is 10.1. The van der Waals surface area contributed by atoms with Gasteiger partial charge in [-0.3, -0.25) is 0 Å². The van der Waals surface area contributed by atoms with Gasteiger partial charge in [-0.2, -0.15) is 0 Å². The van der Waals surface area contributed by atoms with Gasteiger partial charge in [-0.1, -0.05) is 37.3 Å². The normalized spacial score (nSPS) is 12.9. The molecule has 3 aromatic rings. The molecule has 0 saturated heterocycles. The van der Waals surface area contributed by atoms with Gasteiger partial charge in [-0.15, -0.1) is 0 Å². The Labute approximate surface area is 148 Å². The standard InChI is InChI=1S/C19H21N3O2S/c1-3-15(11-14-7-5-4-6-8-14)22-19-17-12-16(25(2,23)24)9-10-18(17)20-13-21-19/h4-10,12-13,15H,3,11H2,1-2H3,(H,20,21,22)/t15-/m1/s1. The minimum atomic E-state index is -3.28. The molecule has 0 saturated carbocycles. The third-order valence-electron chi connectivity index (χ3n) is 4.19. The average Bonchev–Trinajstić information content (AvgIpc) is 2.61. The first-order chi connectivity index (χ1) is 12.0. The van der Waals surface area contributed by atoms with Crippen molar-refractivity contribution in [3.05, 3.63) is 60.4 Å². The fraction of sp³-hybridized carbons (Fsp3) is 0.263. The number of fused-ring (bicyclic) bond motifs is 1. The molecule has 3 rings (SSSR count). The smallest absolute Gasteiger partial charge is 0.175 e. The number of benzene rings is 2. The molecule has 130 valence electrons. The maximum atomic E-state index is 11.8. The predicted molar refractivity (Wildman–Crippen MR) is 100 cm³/mol. The molecular weight excluding hydrogens is 334 g/mol. The van der Waals surface area contributed by atoms with E-state index in [9.17, 15) is 8.42 Å². The van der Waals surface area contributed by atoms with Crippen LogP contribution in [0.2, 0.25) is 0 Å². The molecule has 0 aliphatic carbocycles. The lowest BCUT2D eigenvalue weighted by atomic mass is 10.0. The van der Waals surface area contributed by atoms with Crippen LogP contribution in [0.3, 0.4) is 0 Å². The van der Waals surface area contributed by atoms with E-state index in [1.54, 1.807) is 18.2 Å². The van der Waals surface area contributed by atoms with Crippen molar-refractivity contribution in [2.45, 2.75) is 30.7 Å².